The molecule has 5 nitrogen and oxygen atoms in total. The number of hydrogen-bond donors (Lipinski definition) is 2. The topological polar surface area (TPSA) is 71.1 Å². The first-order valence-corrected chi connectivity index (χ1v) is 8.60. The number of aromatic nitrogens is 1. The minimum absolute atomic E-state index is 0.209. The molecule has 0 aliphatic rings. The fraction of sp³-hybridized carbons (Fsp3) is 0.278. The number of hydrogen-bond acceptors (Lipinski definition) is 3. The molecule has 0 aliphatic heterocycles. The number of carbonyl (C=O) groups excluding carboxylic acids is 2. The van der Waals surface area contributed by atoms with Gasteiger partial charge in [0.2, 0.25) is 5.91 Å². The van der Waals surface area contributed by atoms with E-state index in [4.69, 9.17) is 23.2 Å². The zero-order valence-corrected chi connectivity index (χ0v) is 15.4. The average molecular weight is 380 g/mol. The molecule has 0 saturated heterocycles. The molecule has 0 fully saturated rings. The molecule has 0 spiro atoms. The number of amides is 2. The van der Waals surface area contributed by atoms with E-state index in [1.807, 2.05) is 13.8 Å². The lowest BCUT2D eigenvalue weighted by Crippen LogP contribution is -2.44. The van der Waals surface area contributed by atoms with Crippen molar-refractivity contribution in [3.05, 3.63) is 58.2 Å². The summed E-state index contributed by atoms with van der Waals surface area (Å²) in [6.45, 7) is 3.95. The van der Waals surface area contributed by atoms with Gasteiger partial charge in [-0.2, -0.15) is 0 Å². The largest absolute Gasteiger partial charge is 0.340 e. The maximum Gasteiger partial charge on any atom is 0.253 e. The van der Waals surface area contributed by atoms with Crippen molar-refractivity contribution in [1.29, 1.82) is 0 Å². The van der Waals surface area contributed by atoms with Crippen molar-refractivity contribution >= 4 is 40.8 Å². The van der Waals surface area contributed by atoms with E-state index in [0.29, 0.717) is 17.3 Å². The Balaban J connectivity index is 2.13. The van der Waals surface area contributed by atoms with Crippen molar-refractivity contribution < 1.29 is 9.59 Å². The van der Waals surface area contributed by atoms with Crippen LogP contribution in [-0.4, -0.2) is 22.8 Å². The SMILES string of the molecule is CC(C)C[C@H](NC(=O)c1ccc(Cl)cc1Cl)C(=O)Nc1ccccn1. The minimum atomic E-state index is -0.707. The Morgan fingerprint density at radius 3 is 2.52 bits per heavy atom. The zero-order chi connectivity index (χ0) is 18.4. The molecule has 1 aromatic heterocycles. The van der Waals surface area contributed by atoms with Crippen LogP contribution in [0.5, 0.6) is 0 Å². The van der Waals surface area contributed by atoms with Crippen molar-refractivity contribution in [2.45, 2.75) is 26.3 Å². The van der Waals surface area contributed by atoms with E-state index < -0.39 is 11.9 Å². The summed E-state index contributed by atoms with van der Waals surface area (Å²) in [4.78, 5) is 29.1. The lowest BCUT2D eigenvalue weighted by atomic mass is 10.0. The van der Waals surface area contributed by atoms with Gasteiger partial charge in [0, 0.05) is 11.2 Å². The van der Waals surface area contributed by atoms with Crippen LogP contribution in [0.15, 0.2) is 42.6 Å². The first-order valence-electron chi connectivity index (χ1n) is 7.84. The lowest BCUT2D eigenvalue weighted by Gasteiger charge is -2.20. The average Bonchev–Trinajstić information content (AvgIpc) is 2.54. The standard InChI is InChI=1S/C18H19Cl2N3O2/c1-11(2)9-15(18(25)23-16-5-3-4-8-21-16)22-17(24)13-7-6-12(19)10-14(13)20/h3-8,10-11,15H,9H2,1-2H3,(H,22,24)(H,21,23,25)/t15-/m0/s1. The summed E-state index contributed by atoms with van der Waals surface area (Å²) in [5.74, 6) is -0.116. The van der Waals surface area contributed by atoms with Crippen LogP contribution in [-0.2, 0) is 4.79 Å². The third-order valence-corrected chi connectivity index (χ3v) is 3.97. The molecule has 25 heavy (non-hydrogen) atoms. The maximum absolute atomic E-state index is 12.5. The molecule has 0 bridgehead atoms. The highest BCUT2D eigenvalue weighted by molar-refractivity contribution is 6.36. The molecule has 1 heterocycles. The first-order chi connectivity index (χ1) is 11.9. The van der Waals surface area contributed by atoms with Crippen LogP contribution in [0, 0.1) is 5.92 Å². The van der Waals surface area contributed by atoms with Gasteiger partial charge in [0.15, 0.2) is 0 Å². The Bertz CT molecular complexity index is 751. The van der Waals surface area contributed by atoms with Gasteiger partial charge in [-0.3, -0.25) is 9.59 Å². The molecule has 0 radical (unpaired) electrons. The number of pyridine rings is 1. The summed E-state index contributed by atoms with van der Waals surface area (Å²) in [5.41, 5.74) is 0.269. The molecule has 2 aromatic rings. The van der Waals surface area contributed by atoms with Gasteiger partial charge in [-0.05, 0) is 42.7 Å². The van der Waals surface area contributed by atoms with Crippen LogP contribution in [0.3, 0.4) is 0 Å². The Kier molecular flexibility index (Phi) is 6.79. The summed E-state index contributed by atoms with van der Waals surface area (Å²) in [6.07, 6.45) is 2.06. The van der Waals surface area contributed by atoms with E-state index in [0.717, 1.165) is 0 Å². The molecule has 7 heteroatoms. The number of benzene rings is 1. The van der Waals surface area contributed by atoms with E-state index in [2.05, 4.69) is 15.6 Å². The monoisotopic (exact) mass is 379 g/mol. The smallest absolute Gasteiger partial charge is 0.253 e. The molecule has 0 unspecified atom stereocenters. The predicted molar refractivity (Wildman–Crippen MR) is 100 cm³/mol. The third kappa shape index (κ3) is 5.73. The molecule has 2 N–H and O–H groups in total. The summed E-state index contributed by atoms with van der Waals surface area (Å²) in [6, 6.07) is 9.10. The Labute approximate surface area is 156 Å². The van der Waals surface area contributed by atoms with Crippen LogP contribution in [0.1, 0.15) is 30.6 Å². The fourth-order valence-electron chi connectivity index (χ4n) is 2.26. The van der Waals surface area contributed by atoms with Crippen molar-refractivity contribution in [3.63, 3.8) is 0 Å². The van der Waals surface area contributed by atoms with Crippen molar-refractivity contribution in [1.82, 2.24) is 10.3 Å². The van der Waals surface area contributed by atoms with Crippen LogP contribution in [0.25, 0.3) is 0 Å². The summed E-state index contributed by atoms with van der Waals surface area (Å²) in [5, 5.41) is 6.12. The van der Waals surface area contributed by atoms with E-state index in [1.165, 1.54) is 12.1 Å². The van der Waals surface area contributed by atoms with Gasteiger partial charge >= 0.3 is 0 Å². The van der Waals surface area contributed by atoms with E-state index in [-0.39, 0.29) is 22.4 Å². The van der Waals surface area contributed by atoms with Gasteiger partial charge in [0.05, 0.1) is 10.6 Å². The van der Waals surface area contributed by atoms with E-state index in [9.17, 15) is 9.59 Å². The highest BCUT2D eigenvalue weighted by Crippen LogP contribution is 2.21. The van der Waals surface area contributed by atoms with Crippen molar-refractivity contribution in [2.75, 3.05) is 5.32 Å². The highest BCUT2D eigenvalue weighted by atomic mass is 35.5. The van der Waals surface area contributed by atoms with Crippen LogP contribution >= 0.6 is 23.2 Å². The maximum atomic E-state index is 12.5. The molecule has 1 atom stereocenters. The summed E-state index contributed by atoms with van der Waals surface area (Å²) < 4.78 is 0. The third-order valence-electron chi connectivity index (χ3n) is 3.42. The lowest BCUT2D eigenvalue weighted by molar-refractivity contribution is -0.118. The molecular weight excluding hydrogens is 361 g/mol. The number of nitrogens with one attached hydrogen (secondary N) is 2. The second-order valence-corrected chi connectivity index (χ2v) is 6.83. The molecule has 2 rings (SSSR count). The second kappa shape index (κ2) is 8.83. The van der Waals surface area contributed by atoms with E-state index in [1.54, 1.807) is 30.5 Å². The van der Waals surface area contributed by atoms with Crippen LogP contribution in [0.4, 0.5) is 5.82 Å². The van der Waals surface area contributed by atoms with Gasteiger partial charge in [0.25, 0.3) is 5.91 Å². The summed E-state index contributed by atoms with van der Waals surface area (Å²) in [7, 11) is 0. The van der Waals surface area contributed by atoms with Crippen molar-refractivity contribution in [2.24, 2.45) is 5.92 Å². The van der Waals surface area contributed by atoms with Gasteiger partial charge in [0.1, 0.15) is 11.9 Å². The molecular formula is C18H19Cl2N3O2. The van der Waals surface area contributed by atoms with Gasteiger partial charge < -0.3 is 10.6 Å². The number of nitrogens with zero attached hydrogens (tertiary/aromatic N) is 1. The quantitative estimate of drug-likeness (QED) is 0.790. The highest BCUT2D eigenvalue weighted by Gasteiger charge is 2.24. The number of halogens is 2. The van der Waals surface area contributed by atoms with E-state index >= 15 is 0 Å². The molecule has 1 aromatic carbocycles. The van der Waals surface area contributed by atoms with Crippen LogP contribution < -0.4 is 10.6 Å². The first kappa shape index (κ1) is 19.2. The Morgan fingerprint density at radius 1 is 1.16 bits per heavy atom. The van der Waals surface area contributed by atoms with Gasteiger partial charge in [-0.15, -0.1) is 0 Å². The molecule has 2 amide bonds. The summed E-state index contributed by atoms with van der Waals surface area (Å²) >= 11 is 11.9. The second-order valence-electron chi connectivity index (χ2n) is 5.98. The minimum Gasteiger partial charge on any atom is -0.340 e. The molecule has 0 aliphatic carbocycles. The zero-order valence-electron chi connectivity index (χ0n) is 13.9. The number of carbonyl (C=O) groups is 2. The van der Waals surface area contributed by atoms with Crippen molar-refractivity contribution in [3.8, 4) is 0 Å². The fourth-order valence-corrected chi connectivity index (χ4v) is 2.76. The normalized spacial score (nSPS) is 11.9. The van der Waals surface area contributed by atoms with Gasteiger partial charge in [-0.25, -0.2) is 4.98 Å². The number of anilines is 1. The molecule has 0 saturated carbocycles. The molecule has 132 valence electrons. The Hall–Kier alpha value is -2.11. The van der Waals surface area contributed by atoms with Crippen LogP contribution in [0.2, 0.25) is 10.0 Å². The van der Waals surface area contributed by atoms with Gasteiger partial charge in [-0.1, -0.05) is 43.1 Å². The predicted octanol–water partition coefficient (Wildman–Crippen LogP) is 4.17. The Morgan fingerprint density at radius 2 is 1.92 bits per heavy atom. The number of rotatable bonds is 6.